The molecule has 0 spiro atoms. The van der Waals surface area contributed by atoms with E-state index in [9.17, 15) is 0 Å². The normalized spacial score (nSPS) is 9.33. The predicted octanol–water partition coefficient (Wildman–Crippen LogP) is 1.52. The molecule has 0 saturated carbocycles. The Labute approximate surface area is 88.6 Å². The predicted molar refractivity (Wildman–Crippen MR) is 60.0 cm³/mol. The average Bonchev–Trinajstić information content (AvgIpc) is 2.71. The lowest BCUT2D eigenvalue weighted by Gasteiger charge is -1.93. The molecule has 0 radical (unpaired) electrons. The zero-order chi connectivity index (χ0) is 10.5. The van der Waals surface area contributed by atoms with Gasteiger partial charge in [-0.05, 0) is 18.2 Å². The third kappa shape index (κ3) is 2.61. The maximum absolute atomic E-state index is 5.64. The molecule has 0 aliphatic heterocycles. The minimum atomic E-state index is 0.648. The molecule has 1 heterocycles. The Hall–Kier alpha value is -2.21. The van der Waals surface area contributed by atoms with Crippen LogP contribution >= 0.6 is 0 Å². The second-order valence-corrected chi connectivity index (χ2v) is 3.16. The van der Waals surface area contributed by atoms with Crippen molar-refractivity contribution in [2.45, 2.75) is 6.54 Å². The van der Waals surface area contributed by atoms with Crippen molar-refractivity contribution in [3.05, 3.63) is 48.5 Å². The van der Waals surface area contributed by atoms with Gasteiger partial charge >= 0.3 is 0 Å². The highest BCUT2D eigenvalue weighted by molar-refractivity contribution is 5.46. The first kappa shape index (κ1) is 9.35. The summed E-state index contributed by atoms with van der Waals surface area (Å²) in [7, 11) is 0. The van der Waals surface area contributed by atoms with Crippen LogP contribution in [0, 0.1) is 11.8 Å². The van der Waals surface area contributed by atoms with Gasteiger partial charge < -0.3 is 10.3 Å². The molecule has 1 aromatic carbocycles. The van der Waals surface area contributed by atoms with E-state index < -0.39 is 0 Å². The molecule has 3 nitrogen and oxygen atoms in total. The van der Waals surface area contributed by atoms with E-state index in [0.717, 1.165) is 11.3 Å². The van der Waals surface area contributed by atoms with E-state index in [-0.39, 0.29) is 0 Å². The Bertz CT molecular complexity index is 489. The van der Waals surface area contributed by atoms with E-state index in [4.69, 9.17) is 5.73 Å². The minimum Gasteiger partial charge on any atom is -0.399 e. The Morgan fingerprint density at radius 1 is 1.40 bits per heavy atom. The Kier molecular flexibility index (Phi) is 2.70. The molecule has 2 aromatic rings. The topological polar surface area (TPSA) is 43.8 Å². The first-order chi connectivity index (χ1) is 7.34. The van der Waals surface area contributed by atoms with Crippen LogP contribution in [0.5, 0.6) is 0 Å². The number of nitrogens with two attached hydrogens (primary N) is 1. The SMILES string of the molecule is Nc1cccc(C#CCn2ccnc2)c1. The van der Waals surface area contributed by atoms with Gasteiger partial charge in [0.1, 0.15) is 0 Å². The third-order valence-electron chi connectivity index (χ3n) is 1.94. The largest absolute Gasteiger partial charge is 0.399 e. The Morgan fingerprint density at radius 2 is 2.33 bits per heavy atom. The zero-order valence-electron chi connectivity index (χ0n) is 8.22. The van der Waals surface area contributed by atoms with Crippen LogP contribution in [-0.2, 0) is 6.54 Å². The third-order valence-corrected chi connectivity index (χ3v) is 1.94. The average molecular weight is 197 g/mol. The fourth-order valence-electron chi connectivity index (χ4n) is 1.23. The van der Waals surface area contributed by atoms with E-state index in [1.165, 1.54) is 0 Å². The lowest BCUT2D eigenvalue weighted by atomic mass is 10.2. The summed E-state index contributed by atoms with van der Waals surface area (Å²) < 4.78 is 1.92. The van der Waals surface area contributed by atoms with Gasteiger partial charge in [0.25, 0.3) is 0 Å². The molecule has 2 rings (SSSR count). The van der Waals surface area contributed by atoms with Gasteiger partial charge in [0, 0.05) is 23.6 Å². The molecule has 0 bridgehead atoms. The minimum absolute atomic E-state index is 0.648. The highest BCUT2D eigenvalue weighted by atomic mass is 15.0. The van der Waals surface area contributed by atoms with Crippen molar-refractivity contribution in [3.63, 3.8) is 0 Å². The lowest BCUT2D eigenvalue weighted by molar-refractivity contribution is 0.840. The van der Waals surface area contributed by atoms with Crippen molar-refractivity contribution in [1.82, 2.24) is 9.55 Å². The van der Waals surface area contributed by atoms with Crippen LogP contribution in [0.3, 0.4) is 0 Å². The van der Waals surface area contributed by atoms with E-state index in [0.29, 0.717) is 6.54 Å². The van der Waals surface area contributed by atoms with Crippen molar-refractivity contribution in [2.75, 3.05) is 5.73 Å². The van der Waals surface area contributed by atoms with Crippen molar-refractivity contribution in [1.29, 1.82) is 0 Å². The number of rotatable bonds is 1. The van der Waals surface area contributed by atoms with Gasteiger partial charge in [-0.1, -0.05) is 17.9 Å². The number of benzene rings is 1. The summed E-state index contributed by atoms with van der Waals surface area (Å²) in [5.41, 5.74) is 7.32. The molecule has 0 atom stereocenters. The molecular weight excluding hydrogens is 186 g/mol. The molecule has 1 aromatic heterocycles. The first-order valence-electron chi connectivity index (χ1n) is 4.65. The van der Waals surface area contributed by atoms with Crippen molar-refractivity contribution >= 4 is 5.69 Å². The summed E-state index contributed by atoms with van der Waals surface area (Å²) in [6.07, 6.45) is 5.37. The Morgan fingerprint density at radius 3 is 3.07 bits per heavy atom. The van der Waals surface area contributed by atoms with Crippen LogP contribution in [0.25, 0.3) is 0 Å². The van der Waals surface area contributed by atoms with Gasteiger partial charge in [-0.3, -0.25) is 0 Å². The fraction of sp³-hybridized carbons (Fsp3) is 0.0833. The monoisotopic (exact) mass is 197 g/mol. The zero-order valence-corrected chi connectivity index (χ0v) is 8.22. The molecule has 74 valence electrons. The summed E-state index contributed by atoms with van der Waals surface area (Å²) >= 11 is 0. The van der Waals surface area contributed by atoms with Gasteiger partial charge in [-0.15, -0.1) is 0 Å². The summed E-state index contributed by atoms with van der Waals surface area (Å²) in [5, 5.41) is 0. The van der Waals surface area contributed by atoms with Crippen LogP contribution in [-0.4, -0.2) is 9.55 Å². The first-order valence-corrected chi connectivity index (χ1v) is 4.65. The van der Waals surface area contributed by atoms with E-state index >= 15 is 0 Å². The summed E-state index contributed by atoms with van der Waals surface area (Å²) in [5.74, 6) is 6.09. The van der Waals surface area contributed by atoms with Gasteiger partial charge in [0.2, 0.25) is 0 Å². The van der Waals surface area contributed by atoms with Crippen LogP contribution in [0.2, 0.25) is 0 Å². The van der Waals surface area contributed by atoms with Crippen LogP contribution in [0.15, 0.2) is 43.0 Å². The lowest BCUT2D eigenvalue weighted by Crippen LogP contribution is -1.90. The number of hydrogen-bond donors (Lipinski definition) is 1. The highest BCUT2D eigenvalue weighted by Gasteiger charge is 1.87. The number of nitrogens with zero attached hydrogens (tertiary/aromatic N) is 2. The van der Waals surface area contributed by atoms with E-state index in [2.05, 4.69) is 16.8 Å². The Balaban J connectivity index is 2.06. The molecule has 2 N–H and O–H groups in total. The molecule has 0 aliphatic rings. The van der Waals surface area contributed by atoms with Gasteiger partial charge in [0.05, 0.1) is 12.9 Å². The number of anilines is 1. The standard InChI is InChI=1S/C12H11N3/c13-12-5-1-3-11(9-12)4-2-7-15-8-6-14-10-15/h1,3,5-6,8-10H,7,13H2. The molecule has 0 amide bonds. The number of hydrogen-bond acceptors (Lipinski definition) is 2. The van der Waals surface area contributed by atoms with Crippen molar-refractivity contribution in [3.8, 4) is 11.8 Å². The van der Waals surface area contributed by atoms with Crippen LogP contribution in [0.1, 0.15) is 5.56 Å². The number of nitrogen functional groups attached to an aromatic ring is 1. The smallest absolute Gasteiger partial charge is 0.0954 e. The summed E-state index contributed by atoms with van der Waals surface area (Å²) in [4.78, 5) is 3.94. The molecule has 3 heteroatoms. The van der Waals surface area contributed by atoms with Crippen molar-refractivity contribution in [2.24, 2.45) is 0 Å². The molecular formula is C12H11N3. The van der Waals surface area contributed by atoms with Gasteiger partial charge in [-0.25, -0.2) is 4.98 Å². The molecule has 0 aliphatic carbocycles. The van der Waals surface area contributed by atoms with Crippen LogP contribution in [0.4, 0.5) is 5.69 Å². The maximum atomic E-state index is 5.64. The second kappa shape index (κ2) is 4.34. The van der Waals surface area contributed by atoms with Gasteiger partial charge in [0.15, 0.2) is 0 Å². The quantitative estimate of drug-likeness (QED) is 0.556. The second-order valence-electron chi connectivity index (χ2n) is 3.16. The molecule has 0 saturated heterocycles. The fourth-order valence-corrected chi connectivity index (χ4v) is 1.23. The molecule has 0 fully saturated rings. The molecule has 0 unspecified atom stereocenters. The van der Waals surface area contributed by atoms with Crippen molar-refractivity contribution < 1.29 is 0 Å². The summed E-state index contributed by atoms with van der Waals surface area (Å²) in [6, 6.07) is 7.55. The number of imidazole rings is 1. The van der Waals surface area contributed by atoms with Gasteiger partial charge in [-0.2, -0.15) is 0 Å². The number of aromatic nitrogens is 2. The maximum Gasteiger partial charge on any atom is 0.0954 e. The summed E-state index contributed by atoms with van der Waals surface area (Å²) in [6.45, 7) is 0.648. The van der Waals surface area contributed by atoms with E-state index in [1.54, 1.807) is 12.5 Å². The van der Waals surface area contributed by atoms with E-state index in [1.807, 2.05) is 35.0 Å². The van der Waals surface area contributed by atoms with Crippen LogP contribution < -0.4 is 5.73 Å². The molecule has 15 heavy (non-hydrogen) atoms. The highest BCUT2D eigenvalue weighted by Crippen LogP contribution is 2.04.